The second kappa shape index (κ2) is 7.54. The summed E-state index contributed by atoms with van der Waals surface area (Å²) in [7, 11) is 0. The van der Waals surface area contributed by atoms with Crippen LogP contribution in [-0.4, -0.2) is 28.0 Å². The van der Waals surface area contributed by atoms with E-state index in [-0.39, 0.29) is 11.0 Å². The van der Waals surface area contributed by atoms with Gasteiger partial charge in [0.05, 0.1) is 11.3 Å². The molecule has 4 nitrogen and oxygen atoms in total. The summed E-state index contributed by atoms with van der Waals surface area (Å²) in [6, 6.07) is 0. The predicted octanol–water partition coefficient (Wildman–Crippen LogP) is 4.70. The van der Waals surface area contributed by atoms with Crippen LogP contribution in [0.25, 0.3) is 0 Å². The molecule has 27 heavy (non-hydrogen) atoms. The monoisotopic (exact) mass is 369 g/mol. The van der Waals surface area contributed by atoms with Crippen LogP contribution in [0.1, 0.15) is 95.1 Å². The van der Waals surface area contributed by atoms with E-state index in [1.54, 1.807) is 11.1 Å². The first-order chi connectivity index (χ1) is 12.9. The van der Waals surface area contributed by atoms with Crippen LogP contribution in [-0.2, 0) is 13.0 Å². The molecule has 4 rings (SSSR count). The molecule has 0 saturated heterocycles. The Bertz CT molecular complexity index is 783. The maximum atomic E-state index is 12.8. The van der Waals surface area contributed by atoms with Crippen LogP contribution in [0.3, 0.4) is 0 Å². The Morgan fingerprint density at radius 2 is 1.93 bits per heavy atom. The van der Waals surface area contributed by atoms with E-state index in [1.807, 2.05) is 0 Å². The number of hydrogen-bond acceptors (Lipinski definition) is 3. The molecule has 0 radical (unpaired) electrons. The highest BCUT2D eigenvalue weighted by Crippen LogP contribution is 2.40. The van der Waals surface area contributed by atoms with Crippen LogP contribution in [0.5, 0.6) is 0 Å². The molecule has 0 amide bonds. The van der Waals surface area contributed by atoms with Gasteiger partial charge in [-0.1, -0.05) is 44.3 Å². The van der Waals surface area contributed by atoms with E-state index in [9.17, 15) is 4.79 Å². The van der Waals surface area contributed by atoms with Crippen molar-refractivity contribution in [2.45, 2.75) is 91.0 Å². The van der Waals surface area contributed by atoms with Crippen LogP contribution >= 0.6 is 0 Å². The minimum Gasteiger partial charge on any atom is -0.310 e. The molecule has 0 aromatic carbocycles. The summed E-state index contributed by atoms with van der Waals surface area (Å²) >= 11 is 0. The van der Waals surface area contributed by atoms with Crippen molar-refractivity contribution in [3.8, 4) is 0 Å². The average Bonchev–Trinajstić information content (AvgIpc) is 2.65. The van der Waals surface area contributed by atoms with Crippen LogP contribution in [0, 0.1) is 5.41 Å². The first-order valence-electron chi connectivity index (χ1n) is 11.0. The molecule has 0 unspecified atom stereocenters. The highest BCUT2D eigenvalue weighted by atomic mass is 16.1. The lowest BCUT2D eigenvalue weighted by Crippen LogP contribution is -2.39. The zero-order valence-corrected chi connectivity index (χ0v) is 17.4. The lowest BCUT2D eigenvalue weighted by molar-refractivity contribution is 0.238. The first kappa shape index (κ1) is 18.9. The summed E-state index contributed by atoms with van der Waals surface area (Å²) in [5.74, 6) is 1.42. The van der Waals surface area contributed by atoms with Crippen molar-refractivity contribution in [1.29, 1.82) is 0 Å². The number of hydrogen-bond donors (Lipinski definition) is 1. The van der Waals surface area contributed by atoms with E-state index in [0.717, 1.165) is 43.1 Å². The predicted molar refractivity (Wildman–Crippen MR) is 110 cm³/mol. The van der Waals surface area contributed by atoms with Crippen molar-refractivity contribution in [3.05, 3.63) is 38.6 Å². The summed E-state index contributed by atoms with van der Waals surface area (Å²) in [6.45, 7) is 9.83. The molecule has 1 N–H and O–H groups in total. The fraction of sp³-hybridized carbons (Fsp3) is 0.739. The second-order valence-electron chi connectivity index (χ2n) is 9.67. The normalized spacial score (nSPS) is 24.1. The van der Waals surface area contributed by atoms with Crippen LogP contribution in [0.4, 0.5) is 0 Å². The molecule has 1 aromatic rings. The minimum atomic E-state index is 0.110. The molecule has 2 aliphatic carbocycles. The van der Waals surface area contributed by atoms with Crippen molar-refractivity contribution in [2.24, 2.45) is 5.41 Å². The van der Waals surface area contributed by atoms with Gasteiger partial charge in [0, 0.05) is 32.0 Å². The van der Waals surface area contributed by atoms with Gasteiger partial charge in [0.1, 0.15) is 5.82 Å². The number of rotatable bonds is 3. The third-order valence-corrected chi connectivity index (χ3v) is 7.23. The summed E-state index contributed by atoms with van der Waals surface area (Å²) in [5, 5.41) is 0. The molecule has 0 atom stereocenters. The maximum Gasteiger partial charge on any atom is 0.255 e. The smallest absolute Gasteiger partial charge is 0.255 e. The van der Waals surface area contributed by atoms with Crippen LogP contribution in [0.2, 0.25) is 0 Å². The van der Waals surface area contributed by atoms with E-state index in [2.05, 4.69) is 30.7 Å². The zero-order chi connectivity index (χ0) is 19.0. The molecular weight excluding hydrogens is 334 g/mol. The highest BCUT2D eigenvalue weighted by Gasteiger charge is 2.31. The van der Waals surface area contributed by atoms with Gasteiger partial charge in [0.2, 0.25) is 0 Å². The molecule has 1 aromatic heterocycles. The highest BCUT2D eigenvalue weighted by molar-refractivity contribution is 5.26. The van der Waals surface area contributed by atoms with Gasteiger partial charge in [0.15, 0.2) is 0 Å². The first-order valence-corrected chi connectivity index (χ1v) is 11.0. The van der Waals surface area contributed by atoms with E-state index in [1.165, 1.54) is 51.4 Å². The molecule has 1 saturated carbocycles. The summed E-state index contributed by atoms with van der Waals surface area (Å²) in [5.41, 5.74) is 5.53. The molecule has 1 fully saturated rings. The fourth-order valence-electron chi connectivity index (χ4n) is 5.45. The molecule has 3 aliphatic rings. The summed E-state index contributed by atoms with van der Waals surface area (Å²) in [6.07, 6.45) is 10.9. The number of fused-ring (bicyclic) bond motifs is 1. The number of H-pyrrole nitrogens is 1. The van der Waals surface area contributed by atoms with Crippen LogP contribution < -0.4 is 5.56 Å². The van der Waals surface area contributed by atoms with Crippen LogP contribution in [0.15, 0.2) is 15.9 Å². The molecule has 0 bridgehead atoms. The Morgan fingerprint density at radius 1 is 1.15 bits per heavy atom. The number of nitrogens with one attached hydrogen (secondary N) is 1. The molecule has 0 spiro atoms. The van der Waals surface area contributed by atoms with Crippen molar-refractivity contribution < 1.29 is 0 Å². The third-order valence-electron chi connectivity index (χ3n) is 7.23. The van der Waals surface area contributed by atoms with E-state index in [0.29, 0.717) is 5.92 Å². The van der Waals surface area contributed by atoms with Gasteiger partial charge in [-0.25, -0.2) is 4.98 Å². The minimum absolute atomic E-state index is 0.110. The van der Waals surface area contributed by atoms with Gasteiger partial charge in [-0.2, -0.15) is 0 Å². The maximum absolute atomic E-state index is 12.8. The summed E-state index contributed by atoms with van der Waals surface area (Å²) in [4.78, 5) is 23.4. The van der Waals surface area contributed by atoms with Gasteiger partial charge in [0.25, 0.3) is 5.56 Å². The number of allylic oxidation sites excluding steroid dienone is 1. The number of nitrogens with zero attached hydrogens (tertiary/aromatic N) is 2. The van der Waals surface area contributed by atoms with Crippen molar-refractivity contribution in [1.82, 2.24) is 14.9 Å². The van der Waals surface area contributed by atoms with E-state index < -0.39 is 0 Å². The standard InChI is InChI=1S/C23H35N3O/c1-16-8-7-12-23(2,3)19(16)15-26-13-11-20-18(14-26)22(27)25-21(24-20)17-9-5-4-6-10-17/h17H,4-15H2,1-3H3,(H,24,25,27). The number of aromatic nitrogens is 2. The second-order valence-corrected chi connectivity index (χ2v) is 9.67. The van der Waals surface area contributed by atoms with Gasteiger partial charge in [-0.15, -0.1) is 0 Å². The van der Waals surface area contributed by atoms with E-state index >= 15 is 0 Å². The summed E-state index contributed by atoms with van der Waals surface area (Å²) < 4.78 is 0. The van der Waals surface area contributed by atoms with Gasteiger partial charge in [-0.3, -0.25) is 9.69 Å². The van der Waals surface area contributed by atoms with Gasteiger partial charge >= 0.3 is 0 Å². The fourth-order valence-corrected chi connectivity index (χ4v) is 5.45. The quantitative estimate of drug-likeness (QED) is 0.786. The van der Waals surface area contributed by atoms with Crippen molar-refractivity contribution in [3.63, 3.8) is 0 Å². The van der Waals surface area contributed by atoms with Gasteiger partial charge in [-0.05, 0) is 44.4 Å². The Labute approximate surface area is 163 Å². The van der Waals surface area contributed by atoms with Crippen molar-refractivity contribution in [2.75, 3.05) is 13.1 Å². The SMILES string of the molecule is CC1=C(CN2CCc3nc(C4CCCCC4)[nH]c(=O)c3C2)C(C)(C)CCC1. The molecule has 4 heteroatoms. The lowest BCUT2D eigenvalue weighted by atomic mass is 9.72. The lowest BCUT2D eigenvalue weighted by Gasteiger charge is -2.38. The Hall–Kier alpha value is -1.42. The molecule has 1 aliphatic heterocycles. The topological polar surface area (TPSA) is 49.0 Å². The number of aromatic amines is 1. The molecular formula is C23H35N3O. The van der Waals surface area contributed by atoms with E-state index in [4.69, 9.17) is 4.98 Å². The zero-order valence-electron chi connectivity index (χ0n) is 17.4. The Kier molecular flexibility index (Phi) is 5.28. The molecule has 2 heterocycles. The Morgan fingerprint density at radius 3 is 2.67 bits per heavy atom. The van der Waals surface area contributed by atoms with Gasteiger partial charge < -0.3 is 4.98 Å². The average molecular weight is 370 g/mol. The largest absolute Gasteiger partial charge is 0.310 e. The molecule has 148 valence electrons. The van der Waals surface area contributed by atoms with Crippen molar-refractivity contribution >= 4 is 0 Å². The third kappa shape index (κ3) is 3.91. The Balaban J connectivity index is 1.53.